The van der Waals surface area contributed by atoms with Crippen molar-refractivity contribution in [1.29, 1.82) is 0 Å². The summed E-state index contributed by atoms with van der Waals surface area (Å²) in [6.45, 7) is 0. The molecule has 0 amide bonds. The molecule has 212 valence electrons. The second-order valence-corrected chi connectivity index (χ2v) is 12.8. The maximum Gasteiger partial charge on any atom is 0.131 e. The van der Waals surface area contributed by atoms with E-state index in [0.29, 0.717) is 35.6 Å². The Morgan fingerprint density at radius 3 is 2.69 bits per heavy atom. The van der Waals surface area contributed by atoms with Crippen LogP contribution in [0.4, 0.5) is 0 Å². The van der Waals surface area contributed by atoms with Crippen LogP contribution in [0.2, 0.25) is 0 Å². The van der Waals surface area contributed by atoms with Crippen LogP contribution in [0.15, 0.2) is 130 Å². The number of aliphatic imine (C=N–C) groups is 2. The van der Waals surface area contributed by atoms with Crippen LogP contribution in [0.25, 0.3) is 0 Å². The van der Waals surface area contributed by atoms with Crippen LogP contribution >= 0.6 is 0 Å². The molecule has 2 aliphatic heterocycles. The van der Waals surface area contributed by atoms with Crippen LogP contribution in [0, 0.1) is 23.7 Å². The maximum atomic E-state index is 5.31. The second kappa shape index (κ2) is 11.1. The van der Waals surface area contributed by atoms with Crippen LogP contribution in [0.1, 0.15) is 55.6 Å². The molecule has 0 bridgehead atoms. The zero-order valence-corrected chi connectivity index (χ0v) is 24.1. The Morgan fingerprint density at radius 1 is 0.810 bits per heavy atom. The zero-order valence-electron chi connectivity index (χ0n) is 24.1. The van der Waals surface area contributed by atoms with E-state index in [-0.39, 0.29) is 12.3 Å². The molecule has 0 spiro atoms. The SMILES string of the molecule is C1=CC2C=CCC(c3ccc(C4=NC(C5=CC6CCC=CC6C=C5)NC(C5C=CC6=C(CCC=C6)C5)N4)cc3)[C@H]2N=C1. The largest absolute Gasteiger partial charge is 0.354 e. The van der Waals surface area contributed by atoms with Gasteiger partial charge in [0.2, 0.25) is 0 Å². The number of nitrogens with one attached hydrogen (secondary N) is 2. The molecule has 5 aliphatic carbocycles. The average molecular weight is 553 g/mol. The first-order chi connectivity index (χ1) is 20.8. The number of rotatable bonds is 4. The predicted molar refractivity (Wildman–Crippen MR) is 173 cm³/mol. The fraction of sp³-hybridized carbons (Fsp3) is 0.368. The van der Waals surface area contributed by atoms with E-state index in [1.54, 1.807) is 5.57 Å². The van der Waals surface area contributed by atoms with Gasteiger partial charge in [0.1, 0.15) is 12.0 Å². The number of allylic oxidation sites excluding steroid dienone is 11. The second-order valence-electron chi connectivity index (χ2n) is 12.8. The minimum atomic E-state index is -0.0586. The van der Waals surface area contributed by atoms with Crippen LogP contribution in [-0.4, -0.2) is 30.4 Å². The van der Waals surface area contributed by atoms with Gasteiger partial charge in [0, 0.05) is 35.4 Å². The molecule has 0 saturated heterocycles. The minimum absolute atomic E-state index is 0.0586. The molecule has 4 nitrogen and oxygen atoms in total. The lowest BCUT2D eigenvalue weighted by atomic mass is 9.77. The summed E-state index contributed by atoms with van der Waals surface area (Å²) in [5.74, 6) is 3.29. The Labute approximate surface area is 249 Å². The van der Waals surface area contributed by atoms with E-state index in [0.717, 1.165) is 30.7 Å². The van der Waals surface area contributed by atoms with E-state index in [1.807, 2.05) is 6.21 Å². The predicted octanol–water partition coefficient (Wildman–Crippen LogP) is 7.25. The molecule has 0 saturated carbocycles. The molecule has 0 aromatic heterocycles. The van der Waals surface area contributed by atoms with E-state index < -0.39 is 0 Å². The monoisotopic (exact) mass is 552 g/mol. The summed E-state index contributed by atoms with van der Waals surface area (Å²) in [6.07, 6.45) is 39.1. The minimum Gasteiger partial charge on any atom is -0.354 e. The van der Waals surface area contributed by atoms with E-state index in [9.17, 15) is 0 Å². The molecule has 0 fully saturated rings. The topological polar surface area (TPSA) is 48.8 Å². The number of hydrogen-bond acceptors (Lipinski definition) is 4. The Kier molecular flexibility index (Phi) is 6.88. The summed E-state index contributed by atoms with van der Waals surface area (Å²) in [5, 5.41) is 7.77. The van der Waals surface area contributed by atoms with Crippen molar-refractivity contribution >= 4 is 12.1 Å². The van der Waals surface area contributed by atoms with Gasteiger partial charge >= 0.3 is 0 Å². The standard InChI is InChI=1S/C38H40N4/c1-3-9-30-23-32(20-14-25(30)7-1)37-40-36(41-38(42-37)33-21-15-26-8-2-4-10-31(26)24-33)29-18-16-27(17-19-29)34-13-5-11-28-12-6-22-39-35(28)34/h1-2,5-8,11-12,14-23,25,28,30,33-35,37-38,42H,3-4,9-10,13,24H2,(H,40,41)/t25?,28?,30?,33?,34?,35-,37?,38?/m0/s1. The van der Waals surface area contributed by atoms with E-state index in [4.69, 9.17) is 9.98 Å². The number of nitrogens with zero attached hydrogens (tertiary/aromatic N) is 2. The highest BCUT2D eigenvalue weighted by atomic mass is 15.3. The molecular formula is C38H40N4. The fourth-order valence-electron chi connectivity index (χ4n) is 7.87. The summed E-state index contributed by atoms with van der Waals surface area (Å²) in [6, 6.07) is 9.46. The Bertz CT molecular complexity index is 1520. The molecule has 7 unspecified atom stereocenters. The van der Waals surface area contributed by atoms with Crippen molar-refractivity contribution in [3.05, 3.63) is 131 Å². The van der Waals surface area contributed by atoms with E-state index in [1.165, 1.54) is 36.0 Å². The molecule has 7 aliphatic rings. The van der Waals surface area contributed by atoms with Gasteiger partial charge in [-0.3, -0.25) is 10.3 Å². The van der Waals surface area contributed by atoms with Gasteiger partial charge in [0.25, 0.3) is 0 Å². The molecule has 8 rings (SSSR count). The molecular weight excluding hydrogens is 512 g/mol. The van der Waals surface area contributed by atoms with Gasteiger partial charge < -0.3 is 5.32 Å². The van der Waals surface area contributed by atoms with Gasteiger partial charge in [-0.25, -0.2) is 4.99 Å². The lowest BCUT2D eigenvalue weighted by Crippen LogP contribution is -2.58. The molecule has 0 radical (unpaired) electrons. The van der Waals surface area contributed by atoms with E-state index >= 15 is 0 Å². The Balaban J connectivity index is 1.08. The highest BCUT2D eigenvalue weighted by Gasteiger charge is 2.34. The third-order valence-electron chi connectivity index (χ3n) is 10.2. The van der Waals surface area contributed by atoms with Gasteiger partial charge in [0.15, 0.2) is 0 Å². The Hall–Kier alpha value is -3.76. The maximum absolute atomic E-state index is 5.31. The lowest BCUT2D eigenvalue weighted by Gasteiger charge is -2.38. The number of benzene rings is 1. The molecule has 4 heteroatoms. The molecule has 8 atom stereocenters. The number of amidine groups is 1. The molecule has 2 heterocycles. The number of dihydropyridines is 1. The summed E-state index contributed by atoms with van der Waals surface area (Å²) in [7, 11) is 0. The fourth-order valence-corrected chi connectivity index (χ4v) is 7.87. The highest BCUT2D eigenvalue weighted by Crippen LogP contribution is 2.38. The zero-order chi connectivity index (χ0) is 27.9. The van der Waals surface area contributed by atoms with Crippen LogP contribution in [-0.2, 0) is 0 Å². The molecule has 2 N–H and O–H groups in total. The van der Waals surface area contributed by atoms with Crippen molar-refractivity contribution in [1.82, 2.24) is 10.6 Å². The molecule has 42 heavy (non-hydrogen) atoms. The van der Waals surface area contributed by atoms with Crippen molar-refractivity contribution in [3.8, 4) is 0 Å². The van der Waals surface area contributed by atoms with Gasteiger partial charge in [-0.1, -0.05) is 103 Å². The average Bonchev–Trinajstić information content (AvgIpc) is 3.07. The number of fused-ring (bicyclic) bond motifs is 2. The van der Waals surface area contributed by atoms with Crippen LogP contribution in [0.3, 0.4) is 0 Å². The van der Waals surface area contributed by atoms with Gasteiger partial charge in [-0.05, 0) is 67.2 Å². The first kappa shape index (κ1) is 25.9. The lowest BCUT2D eigenvalue weighted by molar-refractivity contribution is 0.336. The number of hydrogen-bond donors (Lipinski definition) is 2. The summed E-state index contributed by atoms with van der Waals surface area (Å²) < 4.78 is 0. The molecule has 1 aromatic rings. The summed E-state index contributed by atoms with van der Waals surface area (Å²) in [5.41, 5.74) is 6.83. The van der Waals surface area contributed by atoms with Crippen LogP contribution < -0.4 is 10.6 Å². The van der Waals surface area contributed by atoms with E-state index in [2.05, 4.69) is 114 Å². The molecule has 1 aromatic carbocycles. The van der Waals surface area contributed by atoms with Crippen molar-refractivity contribution in [2.24, 2.45) is 33.7 Å². The quantitative estimate of drug-likeness (QED) is 0.387. The van der Waals surface area contributed by atoms with Crippen molar-refractivity contribution in [3.63, 3.8) is 0 Å². The normalized spacial score (nSPS) is 36.1. The highest BCUT2D eigenvalue weighted by molar-refractivity contribution is 5.99. The first-order valence-corrected chi connectivity index (χ1v) is 16.0. The van der Waals surface area contributed by atoms with Crippen molar-refractivity contribution in [2.75, 3.05) is 0 Å². The van der Waals surface area contributed by atoms with Gasteiger partial charge in [-0.2, -0.15) is 0 Å². The smallest absolute Gasteiger partial charge is 0.131 e. The van der Waals surface area contributed by atoms with Crippen molar-refractivity contribution < 1.29 is 0 Å². The third-order valence-corrected chi connectivity index (χ3v) is 10.2. The summed E-state index contributed by atoms with van der Waals surface area (Å²) >= 11 is 0. The van der Waals surface area contributed by atoms with Gasteiger partial charge in [-0.15, -0.1) is 0 Å². The Morgan fingerprint density at radius 2 is 1.74 bits per heavy atom. The first-order valence-electron chi connectivity index (χ1n) is 16.0. The summed E-state index contributed by atoms with van der Waals surface area (Å²) in [4.78, 5) is 10.2. The van der Waals surface area contributed by atoms with Crippen LogP contribution in [0.5, 0.6) is 0 Å². The van der Waals surface area contributed by atoms with Gasteiger partial charge in [0.05, 0.1) is 12.2 Å². The third kappa shape index (κ3) is 4.96. The van der Waals surface area contributed by atoms with Crippen molar-refractivity contribution in [2.45, 2.75) is 62.8 Å².